The molecule has 2 heteroatoms. The van der Waals surface area contributed by atoms with Crippen molar-refractivity contribution in [2.75, 3.05) is 6.61 Å². The van der Waals surface area contributed by atoms with E-state index in [0.717, 1.165) is 24.2 Å². The van der Waals surface area contributed by atoms with Gasteiger partial charge in [-0.05, 0) is 24.5 Å². The summed E-state index contributed by atoms with van der Waals surface area (Å²) in [6.45, 7) is 3.24. The van der Waals surface area contributed by atoms with Crippen LogP contribution in [0.5, 0.6) is 5.75 Å². The van der Waals surface area contributed by atoms with Crippen LogP contribution in [0.4, 0.5) is 0 Å². The van der Waals surface area contributed by atoms with Crippen LogP contribution in [0.3, 0.4) is 0 Å². The number of aryl methyl sites for hydroxylation is 1. The highest BCUT2D eigenvalue weighted by molar-refractivity contribution is 5.45. The van der Waals surface area contributed by atoms with Gasteiger partial charge in [-0.15, -0.1) is 0 Å². The van der Waals surface area contributed by atoms with Crippen LogP contribution in [0.25, 0.3) is 0 Å². The molecule has 0 aliphatic carbocycles. The van der Waals surface area contributed by atoms with Crippen molar-refractivity contribution in [1.82, 2.24) is 0 Å². The van der Waals surface area contributed by atoms with Crippen molar-refractivity contribution in [2.45, 2.75) is 20.0 Å². The van der Waals surface area contributed by atoms with E-state index < -0.39 is 0 Å². The number of aromatic hydroxyl groups is 1. The summed E-state index contributed by atoms with van der Waals surface area (Å²) < 4.78 is 5.27. The Balaban J connectivity index is 2.54. The quantitative estimate of drug-likeness (QED) is 0.633. The zero-order valence-electron chi connectivity index (χ0n) is 7.13. The lowest BCUT2D eigenvalue weighted by Gasteiger charge is -2.18. The minimum Gasteiger partial charge on any atom is -0.507 e. The molecule has 2 nitrogen and oxygen atoms in total. The molecule has 2 rings (SSSR count). The van der Waals surface area contributed by atoms with Gasteiger partial charge in [-0.25, -0.2) is 0 Å². The number of phenols is 1. The molecule has 0 unspecified atom stereocenters. The van der Waals surface area contributed by atoms with Gasteiger partial charge in [0, 0.05) is 5.56 Å². The van der Waals surface area contributed by atoms with E-state index in [1.54, 1.807) is 0 Å². The molecule has 0 saturated carbocycles. The Morgan fingerprint density at radius 2 is 2.25 bits per heavy atom. The predicted molar refractivity (Wildman–Crippen MR) is 46.2 cm³/mol. The lowest BCUT2D eigenvalue weighted by atomic mass is 10.00. The van der Waals surface area contributed by atoms with Gasteiger partial charge in [0.2, 0.25) is 0 Å². The Hall–Kier alpha value is -1.02. The highest BCUT2D eigenvalue weighted by Crippen LogP contribution is 2.28. The Morgan fingerprint density at radius 3 is 3.08 bits per heavy atom. The minimum atomic E-state index is 0.409. The second-order valence-electron chi connectivity index (χ2n) is 3.17. The van der Waals surface area contributed by atoms with Crippen LogP contribution >= 0.6 is 0 Å². The van der Waals surface area contributed by atoms with Crippen molar-refractivity contribution in [2.24, 2.45) is 0 Å². The molecule has 0 fully saturated rings. The zero-order chi connectivity index (χ0) is 8.55. The first-order valence-electron chi connectivity index (χ1n) is 4.17. The Morgan fingerprint density at radius 1 is 1.42 bits per heavy atom. The number of phenolic OH excluding ortho intramolecular Hbond substituents is 1. The summed E-state index contributed by atoms with van der Waals surface area (Å²) >= 11 is 0. The Bertz CT molecular complexity index is 305. The number of benzene rings is 1. The number of hydrogen-bond acceptors (Lipinski definition) is 2. The average molecular weight is 164 g/mol. The second-order valence-corrected chi connectivity index (χ2v) is 3.17. The Kier molecular flexibility index (Phi) is 1.77. The molecule has 1 aromatic carbocycles. The molecule has 1 N–H and O–H groups in total. The van der Waals surface area contributed by atoms with Crippen molar-refractivity contribution >= 4 is 0 Å². The molecule has 12 heavy (non-hydrogen) atoms. The fourth-order valence-electron chi connectivity index (χ4n) is 1.55. The van der Waals surface area contributed by atoms with Gasteiger partial charge in [-0.1, -0.05) is 12.1 Å². The standard InChI is InChI=1S/C10H12O2/c1-7-2-3-8-4-5-12-6-9(8)10(7)11/h2-3,11H,4-6H2,1H3. The molecule has 0 atom stereocenters. The van der Waals surface area contributed by atoms with Gasteiger partial charge >= 0.3 is 0 Å². The molecule has 0 saturated heterocycles. The fourth-order valence-corrected chi connectivity index (χ4v) is 1.55. The number of ether oxygens (including phenoxy) is 1. The van der Waals surface area contributed by atoms with Crippen molar-refractivity contribution in [3.63, 3.8) is 0 Å². The van der Waals surface area contributed by atoms with E-state index in [2.05, 4.69) is 6.07 Å². The maximum absolute atomic E-state index is 9.66. The van der Waals surface area contributed by atoms with Crippen molar-refractivity contribution in [3.8, 4) is 5.75 Å². The zero-order valence-corrected chi connectivity index (χ0v) is 7.13. The molecule has 0 amide bonds. The first-order chi connectivity index (χ1) is 5.79. The summed E-state index contributed by atoms with van der Waals surface area (Å²) in [5.74, 6) is 0.409. The van der Waals surface area contributed by atoms with Crippen LogP contribution in [0.15, 0.2) is 12.1 Å². The molecule has 1 aliphatic rings. The van der Waals surface area contributed by atoms with E-state index in [1.807, 2.05) is 13.0 Å². The maximum atomic E-state index is 9.66. The molecular formula is C10H12O2. The molecule has 0 bridgehead atoms. The maximum Gasteiger partial charge on any atom is 0.124 e. The molecule has 1 aromatic rings. The lowest BCUT2D eigenvalue weighted by Crippen LogP contribution is -2.10. The number of rotatable bonds is 0. The minimum absolute atomic E-state index is 0.409. The first-order valence-corrected chi connectivity index (χ1v) is 4.17. The van der Waals surface area contributed by atoms with Gasteiger partial charge in [-0.2, -0.15) is 0 Å². The summed E-state index contributed by atoms with van der Waals surface area (Å²) in [6, 6.07) is 4.03. The molecule has 0 radical (unpaired) electrons. The smallest absolute Gasteiger partial charge is 0.124 e. The highest BCUT2D eigenvalue weighted by Gasteiger charge is 2.14. The van der Waals surface area contributed by atoms with E-state index >= 15 is 0 Å². The Labute approximate surface area is 71.8 Å². The molecule has 0 aromatic heterocycles. The van der Waals surface area contributed by atoms with Crippen LogP contribution in [0, 0.1) is 6.92 Å². The topological polar surface area (TPSA) is 29.5 Å². The third kappa shape index (κ3) is 1.08. The van der Waals surface area contributed by atoms with Crippen molar-refractivity contribution < 1.29 is 9.84 Å². The molecule has 1 heterocycles. The summed E-state index contributed by atoms with van der Waals surface area (Å²) in [7, 11) is 0. The van der Waals surface area contributed by atoms with Gasteiger partial charge in [0.05, 0.1) is 13.2 Å². The van der Waals surface area contributed by atoms with Gasteiger partial charge < -0.3 is 9.84 Å². The van der Waals surface area contributed by atoms with Crippen LogP contribution in [0.1, 0.15) is 16.7 Å². The van der Waals surface area contributed by atoms with E-state index in [-0.39, 0.29) is 0 Å². The van der Waals surface area contributed by atoms with E-state index in [4.69, 9.17) is 4.74 Å². The highest BCUT2D eigenvalue weighted by atomic mass is 16.5. The van der Waals surface area contributed by atoms with Gasteiger partial charge in [0.15, 0.2) is 0 Å². The molecule has 1 aliphatic heterocycles. The number of hydrogen-bond donors (Lipinski definition) is 1. The lowest BCUT2D eigenvalue weighted by molar-refractivity contribution is 0.108. The first kappa shape index (κ1) is 7.62. The van der Waals surface area contributed by atoms with E-state index in [1.165, 1.54) is 5.56 Å². The fraction of sp³-hybridized carbons (Fsp3) is 0.400. The summed E-state index contributed by atoms with van der Waals surface area (Å²) in [5.41, 5.74) is 3.13. The molecule has 64 valence electrons. The van der Waals surface area contributed by atoms with Crippen LogP contribution in [-0.4, -0.2) is 11.7 Å². The van der Waals surface area contributed by atoms with Crippen molar-refractivity contribution in [3.05, 3.63) is 28.8 Å². The summed E-state index contributed by atoms with van der Waals surface area (Å²) in [4.78, 5) is 0. The SMILES string of the molecule is Cc1ccc2c(c1O)COCC2. The summed E-state index contributed by atoms with van der Waals surface area (Å²) in [5, 5.41) is 9.66. The van der Waals surface area contributed by atoms with Gasteiger partial charge in [-0.3, -0.25) is 0 Å². The van der Waals surface area contributed by atoms with Crippen LogP contribution in [0.2, 0.25) is 0 Å². The average Bonchev–Trinajstić information content (AvgIpc) is 2.12. The number of fused-ring (bicyclic) bond motifs is 1. The van der Waals surface area contributed by atoms with Crippen LogP contribution < -0.4 is 0 Å². The van der Waals surface area contributed by atoms with Crippen molar-refractivity contribution in [1.29, 1.82) is 0 Å². The second kappa shape index (κ2) is 2.79. The van der Waals surface area contributed by atoms with Crippen LogP contribution in [-0.2, 0) is 17.8 Å². The van der Waals surface area contributed by atoms with E-state index in [9.17, 15) is 5.11 Å². The largest absolute Gasteiger partial charge is 0.507 e. The van der Waals surface area contributed by atoms with E-state index in [0.29, 0.717) is 12.4 Å². The van der Waals surface area contributed by atoms with Gasteiger partial charge in [0.1, 0.15) is 5.75 Å². The predicted octanol–water partition coefficient (Wildman–Crippen LogP) is 1.77. The summed E-state index contributed by atoms with van der Waals surface area (Å²) in [6.07, 6.45) is 0.920. The third-order valence-electron chi connectivity index (χ3n) is 2.34. The van der Waals surface area contributed by atoms with Gasteiger partial charge in [0.25, 0.3) is 0 Å². The normalized spacial score (nSPS) is 15.8. The molecular weight excluding hydrogens is 152 g/mol. The third-order valence-corrected chi connectivity index (χ3v) is 2.34. The molecule has 0 spiro atoms. The monoisotopic (exact) mass is 164 g/mol.